The van der Waals surface area contributed by atoms with Crippen LogP contribution < -0.4 is 0 Å². The van der Waals surface area contributed by atoms with E-state index in [1.807, 2.05) is 0 Å². The zero-order valence-electron chi connectivity index (χ0n) is 10.3. The van der Waals surface area contributed by atoms with Crippen molar-refractivity contribution in [3.05, 3.63) is 47.0 Å². The van der Waals surface area contributed by atoms with Gasteiger partial charge < -0.3 is 0 Å². The van der Waals surface area contributed by atoms with E-state index in [0.29, 0.717) is 17.8 Å². The van der Waals surface area contributed by atoms with Gasteiger partial charge in [-0.25, -0.2) is 4.39 Å². The maximum atomic E-state index is 13.1. The number of halogens is 4. The minimum Gasteiger partial charge on any atom is -0.294 e. The molecule has 2 aromatic rings. The lowest BCUT2D eigenvalue weighted by Crippen LogP contribution is -2.11. The molecule has 106 valence electrons. The van der Waals surface area contributed by atoms with Gasteiger partial charge in [0.15, 0.2) is 5.78 Å². The third kappa shape index (κ3) is 3.01. The predicted molar refractivity (Wildman–Crippen MR) is 60.4 cm³/mol. The average molecular weight is 287 g/mol. The predicted octanol–water partition coefficient (Wildman–Crippen LogP) is 2.40. The summed E-state index contributed by atoms with van der Waals surface area (Å²) < 4.78 is 52.1. The Labute approximate surface area is 111 Å². The molecule has 0 saturated carbocycles. The van der Waals surface area contributed by atoms with Gasteiger partial charge in [0, 0.05) is 18.8 Å². The summed E-state index contributed by atoms with van der Waals surface area (Å²) in [5, 5.41) is 7.27. The van der Waals surface area contributed by atoms with Gasteiger partial charge >= 0.3 is 6.18 Å². The third-order valence-electron chi connectivity index (χ3n) is 2.59. The minimum absolute atomic E-state index is 0.198. The second kappa shape index (κ2) is 5.03. The van der Waals surface area contributed by atoms with Crippen LogP contribution in [-0.2, 0) is 19.6 Å². The van der Waals surface area contributed by atoms with E-state index in [1.54, 1.807) is 7.05 Å². The summed E-state index contributed by atoms with van der Waals surface area (Å²) in [6, 6.07) is 2.16. The molecule has 0 aliphatic rings. The highest BCUT2D eigenvalue weighted by Gasteiger charge is 2.34. The SMILES string of the molecule is Cn1cc(CC(=O)c2ccc(F)c(C(F)(F)F)c2)nn1. The average Bonchev–Trinajstić information content (AvgIpc) is 2.73. The van der Waals surface area contributed by atoms with E-state index in [2.05, 4.69) is 10.3 Å². The molecule has 20 heavy (non-hydrogen) atoms. The van der Waals surface area contributed by atoms with Crippen molar-refractivity contribution < 1.29 is 22.4 Å². The van der Waals surface area contributed by atoms with Gasteiger partial charge in [-0.3, -0.25) is 9.48 Å². The van der Waals surface area contributed by atoms with E-state index in [9.17, 15) is 22.4 Å². The van der Waals surface area contributed by atoms with E-state index < -0.39 is 23.3 Å². The molecule has 1 aromatic heterocycles. The van der Waals surface area contributed by atoms with Gasteiger partial charge in [0.25, 0.3) is 0 Å². The molecular weight excluding hydrogens is 278 g/mol. The molecule has 0 bridgehead atoms. The monoisotopic (exact) mass is 287 g/mol. The quantitative estimate of drug-likeness (QED) is 0.643. The van der Waals surface area contributed by atoms with Gasteiger partial charge in [0.05, 0.1) is 17.7 Å². The number of aromatic nitrogens is 3. The lowest BCUT2D eigenvalue weighted by Gasteiger charge is -2.09. The van der Waals surface area contributed by atoms with E-state index in [4.69, 9.17) is 0 Å². The number of ketones is 1. The van der Waals surface area contributed by atoms with Gasteiger partial charge in [-0.15, -0.1) is 5.10 Å². The smallest absolute Gasteiger partial charge is 0.294 e. The van der Waals surface area contributed by atoms with Crippen molar-refractivity contribution in [3.63, 3.8) is 0 Å². The van der Waals surface area contributed by atoms with Crippen LogP contribution in [0.3, 0.4) is 0 Å². The van der Waals surface area contributed by atoms with E-state index >= 15 is 0 Å². The van der Waals surface area contributed by atoms with Crippen LogP contribution in [0.4, 0.5) is 17.6 Å². The number of hydrogen-bond donors (Lipinski definition) is 0. The Morgan fingerprint density at radius 3 is 2.60 bits per heavy atom. The molecule has 8 heteroatoms. The first-order valence-electron chi connectivity index (χ1n) is 5.52. The summed E-state index contributed by atoms with van der Waals surface area (Å²) in [7, 11) is 1.60. The molecule has 0 radical (unpaired) electrons. The maximum absolute atomic E-state index is 13.1. The van der Waals surface area contributed by atoms with Gasteiger partial charge in [-0.05, 0) is 18.2 Å². The Bertz CT molecular complexity index is 648. The van der Waals surface area contributed by atoms with Crippen LogP contribution in [0, 0.1) is 5.82 Å². The number of carbonyl (C=O) groups excluding carboxylic acids is 1. The molecule has 0 atom stereocenters. The highest BCUT2D eigenvalue weighted by molar-refractivity contribution is 5.97. The first-order chi connectivity index (χ1) is 9.27. The molecule has 0 spiro atoms. The molecule has 0 saturated heterocycles. The molecule has 4 nitrogen and oxygen atoms in total. The second-order valence-electron chi connectivity index (χ2n) is 4.18. The summed E-state index contributed by atoms with van der Waals surface area (Å²) in [6.07, 6.45) is -3.56. The normalized spacial score (nSPS) is 11.7. The standard InChI is InChI=1S/C12H9F4N3O/c1-19-6-8(17-18-19)5-11(20)7-2-3-10(13)9(4-7)12(14,15)16/h2-4,6H,5H2,1H3. The molecule has 0 N–H and O–H groups in total. The highest BCUT2D eigenvalue weighted by atomic mass is 19.4. The summed E-state index contributed by atoms with van der Waals surface area (Å²) in [4.78, 5) is 11.8. The third-order valence-corrected chi connectivity index (χ3v) is 2.59. The molecule has 0 fully saturated rings. The van der Waals surface area contributed by atoms with Crippen molar-refractivity contribution in [3.8, 4) is 0 Å². The second-order valence-corrected chi connectivity index (χ2v) is 4.18. The summed E-state index contributed by atoms with van der Waals surface area (Å²) in [5.74, 6) is -2.00. The number of hydrogen-bond acceptors (Lipinski definition) is 3. The zero-order chi connectivity index (χ0) is 14.9. The fourth-order valence-corrected chi connectivity index (χ4v) is 1.66. The number of Topliss-reactive ketones (excluding diaryl/α,β-unsaturated/α-hetero) is 1. The maximum Gasteiger partial charge on any atom is 0.419 e. The molecule has 0 aliphatic carbocycles. The minimum atomic E-state index is -4.84. The first kappa shape index (κ1) is 14.2. The van der Waals surface area contributed by atoms with Crippen LogP contribution in [0.15, 0.2) is 24.4 Å². The van der Waals surface area contributed by atoms with Crippen LogP contribution in [0.2, 0.25) is 0 Å². The summed E-state index contributed by atoms with van der Waals surface area (Å²) in [5.41, 5.74) is -1.35. The van der Waals surface area contributed by atoms with Crippen molar-refractivity contribution in [2.75, 3.05) is 0 Å². The topological polar surface area (TPSA) is 47.8 Å². The van der Waals surface area contributed by atoms with Crippen LogP contribution in [0.25, 0.3) is 0 Å². The van der Waals surface area contributed by atoms with E-state index in [1.165, 1.54) is 10.9 Å². The van der Waals surface area contributed by atoms with Crippen LogP contribution in [0.1, 0.15) is 21.6 Å². The van der Waals surface area contributed by atoms with Crippen molar-refractivity contribution in [1.29, 1.82) is 0 Å². The Hall–Kier alpha value is -2.25. The van der Waals surface area contributed by atoms with Gasteiger partial charge in [-0.1, -0.05) is 5.21 Å². The van der Waals surface area contributed by atoms with E-state index in [-0.39, 0.29) is 12.0 Å². The number of rotatable bonds is 3. The van der Waals surface area contributed by atoms with Gasteiger partial charge in [0.2, 0.25) is 0 Å². The number of nitrogens with zero attached hydrogens (tertiary/aromatic N) is 3. The Morgan fingerprint density at radius 1 is 1.35 bits per heavy atom. The Kier molecular flexibility index (Phi) is 3.56. The number of aryl methyl sites for hydroxylation is 1. The number of alkyl halides is 3. The van der Waals surface area contributed by atoms with Crippen LogP contribution >= 0.6 is 0 Å². The number of benzene rings is 1. The lowest BCUT2D eigenvalue weighted by molar-refractivity contribution is -0.140. The molecular formula is C12H9F4N3O. The molecule has 0 aliphatic heterocycles. The molecule has 1 heterocycles. The molecule has 0 amide bonds. The Balaban J connectivity index is 2.27. The van der Waals surface area contributed by atoms with Crippen molar-refractivity contribution in [2.24, 2.45) is 7.05 Å². The van der Waals surface area contributed by atoms with Crippen molar-refractivity contribution in [1.82, 2.24) is 15.0 Å². The largest absolute Gasteiger partial charge is 0.419 e. The van der Waals surface area contributed by atoms with Crippen molar-refractivity contribution in [2.45, 2.75) is 12.6 Å². The van der Waals surface area contributed by atoms with Gasteiger partial charge in [-0.2, -0.15) is 13.2 Å². The lowest BCUT2D eigenvalue weighted by atomic mass is 10.0. The van der Waals surface area contributed by atoms with Crippen molar-refractivity contribution >= 4 is 5.78 Å². The first-order valence-corrected chi connectivity index (χ1v) is 5.52. The summed E-state index contributed by atoms with van der Waals surface area (Å²) in [6.45, 7) is 0. The van der Waals surface area contributed by atoms with Crippen LogP contribution in [-0.4, -0.2) is 20.8 Å². The molecule has 1 aromatic carbocycles. The molecule has 2 rings (SSSR count). The zero-order valence-corrected chi connectivity index (χ0v) is 10.3. The molecule has 0 unspecified atom stereocenters. The summed E-state index contributed by atoms with van der Waals surface area (Å²) >= 11 is 0. The highest BCUT2D eigenvalue weighted by Crippen LogP contribution is 2.32. The fourth-order valence-electron chi connectivity index (χ4n) is 1.66. The fraction of sp³-hybridized carbons (Fsp3) is 0.250. The Morgan fingerprint density at radius 2 is 2.05 bits per heavy atom. The number of carbonyl (C=O) groups is 1. The van der Waals surface area contributed by atoms with E-state index in [0.717, 1.165) is 6.07 Å². The van der Waals surface area contributed by atoms with Crippen LogP contribution in [0.5, 0.6) is 0 Å². The van der Waals surface area contributed by atoms with Gasteiger partial charge in [0.1, 0.15) is 5.82 Å².